The van der Waals surface area contributed by atoms with Crippen molar-refractivity contribution in [2.24, 2.45) is 5.92 Å². The summed E-state index contributed by atoms with van der Waals surface area (Å²) < 4.78 is 5.02. The maximum Gasteiger partial charge on any atom is 0.0649 e. The van der Waals surface area contributed by atoms with Gasteiger partial charge in [-0.25, -0.2) is 0 Å². The van der Waals surface area contributed by atoms with Crippen LogP contribution in [0.25, 0.3) is 0 Å². The van der Waals surface area contributed by atoms with Gasteiger partial charge in [0.1, 0.15) is 0 Å². The first-order valence-electron chi connectivity index (χ1n) is 7.93. The van der Waals surface area contributed by atoms with Crippen molar-refractivity contribution in [2.75, 3.05) is 13.7 Å². The zero-order chi connectivity index (χ0) is 15.7. The van der Waals surface area contributed by atoms with E-state index in [9.17, 15) is 0 Å². The minimum atomic E-state index is 0.671. The van der Waals surface area contributed by atoms with Gasteiger partial charge in [-0.15, -0.1) is 0 Å². The van der Waals surface area contributed by atoms with Crippen LogP contribution < -0.4 is 0 Å². The molecule has 0 bridgehead atoms. The van der Waals surface area contributed by atoms with Crippen LogP contribution in [0.1, 0.15) is 47.0 Å². The molecule has 1 aliphatic rings. The van der Waals surface area contributed by atoms with Crippen molar-refractivity contribution >= 4 is 0 Å². The van der Waals surface area contributed by atoms with E-state index < -0.39 is 0 Å². The highest BCUT2D eigenvalue weighted by Crippen LogP contribution is 2.30. The molecule has 1 nitrogen and oxygen atoms in total. The number of hydrogen-bond acceptors (Lipinski definition) is 1. The lowest BCUT2D eigenvalue weighted by molar-refractivity contribution is 0.233. The molecule has 1 aliphatic carbocycles. The number of ether oxygens (including phenoxy) is 1. The molecule has 116 valence electrons. The molecular weight excluding hydrogens is 256 g/mol. The van der Waals surface area contributed by atoms with Crippen molar-refractivity contribution < 1.29 is 4.74 Å². The van der Waals surface area contributed by atoms with Gasteiger partial charge in [-0.2, -0.15) is 0 Å². The summed E-state index contributed by atoms with van der Waals surface area (Å²) in [4.78, 5) is 0. The molecule has 0 aromatic rings. The average Bonchev–Trinajstić information content (AvgIpc) is 2.44. The quantitative estimate of drug-likeness (QED) is 0.563. The number of methoxy groups -OCH3 is 1. The second-order valence-corrected chi connectivity index (χ2v) is 6.04. The first kappa shape index (κ1) is 17.7. The van der Waals surface area contributed by atoms with Crippen LogP contribution in [-0.2, 0) is 4.74 Å². The van der Waals surface area contributed by atoms with Crippen LogP contribution in [0.3, 0.4) is 0 Å². The van der Waals surface area contributed by atoms with E-state index in [4.69, 9.17) is 4.74 Å². The number of rotatable bonds is 6. The van der Waals surface area contributed by atoms with Crippen LogP contribution in [0, 0.1) is 5.92 Å². The van der Waals surface area contributed by atoms with Gasteiger partial charge in [-0.05, 0) is 51.5 Å². The Balaban J connectivity index is 2.63. The number of allylic oxidation sites excluding steroid dienone is 9. The Kier molecular flexibility index (Phi) is 8.07. The van der Waals surface area contributed by atoms with Crippen LogP contribution in [0.15, 0.2) is 58.7 Å². The van der Waals surface area contributed by atoms with E-state index >= 15 is 0 Å². The van der Waals surface area contributed by atoms with Gasteiger partial charge in [-0.1, -0.05) is 60.1 Å². The van der Waals surface area contributed by atoms with Crippen LogP contribution in [0.4, 0.5) is 0 Å². The second-order valence-electron chi connectivity index (χ2n) is 6.04. The first-order chi connectivity index (χ1) is 10.0. The molecule has 0 heterocycles. The van der Waals surface area contributed by atoms with E-state index in [1.165, 1.54) is 36.0 Å². The van der Waals surface area contributed by atoms with Crippen LogP contribution in [0.5, 0.6) is 0 Å². The topological polar surface area (TPSA) is 9.23 Å². The second kappa shape index (κ2) is 9.57. The van der Waals surface area contributed by atoms with Gasteiger partial charge in [-0.3, -0.25) is 0 Å². The Bertz CT molecular complexity index is 472. The Morgan fingerprint density at radius 3 is 2.67 bits per heavy atom. The summed E-state index contributed by atoms with van der Waals surface area (Å²) in [6.07, 6.45) is 16.9. The minimum Gasteiger partial charge on any atom is -0.381 e. The zero-order valence-corrected chi connectivity index (χ0v) is 14.3. The molecule has 21 heavy (non-hydrogen) atoms. The molecule has 0 aliphatic heterocycles. The standard InChI is InChI=1S/C20H30O/c1-16(8-6-9-17(2)14-15-21-5)12-13-20-18(3)10-7-11-19(20)4/h6,8-9,12-14,18H,7,10-11,15H2,1-5H3/b9-6+,13-12+,16-8+,17-14+. The molecule has 1 heteroatoms. The molecule has 0 aromatic carbocycles. The molecule has 0 saturated heterocycles. The molecule has 0 aromatic heterocycles. The summed E-state index contributed by atoms with van der Waals surface area (Å²) in [5.41, 5.74) is 5.61. The van der Waals surface area contributed by atoms with Gasteiger partial charge in [0, 0.05) is 7.11 Å². The summed E-state index contributed by atoms with van der Waals surface area (Å²) in [5.74, 6) is 0.706. The molecule has 0 spiro atoms. The van der Waals surface area contributed by atoms with Crippen molar-refractivity contribution in [3.63, 3.8) is 0 Å². The average molecular weight is 286 g/mol. The highest BCUT2D eigenvalue weighted by molar-refractivity contribution is 5.34. The van der Waals surface area contributed by atoms with Crippen molar-refractivity contribution in [3.8, 4) is 0 Å². The predicted molar refractivity (Wildman–Crippen MR) is 93.4 cm³/mol. The third-order valence-corrected chi connectivity index (χ3v) is 4.03. The monoisotopic (exact) mass is 286 g/mol. The molecule has 0 amide bonds. The fourth-order valence-corrected chi connectivity index (χ4v) is 2.61. The van der Waals surface area contributed by atoms with Gasteiger partial charge < -0.3 is 4.74 Å². The van der Waals surface area contributed by atoms with Crippen LogP contribution in [0.2, 0.25) is 0 Å². The third-order valence-electron chi connectivity index (χ3n) is 4.03. The normalized spacial score (nSPS) is 21.9. The molecule has 1 atom stereocenters. The van der Waals surface area contributed by atoms with Crippen molar-refractivity contribution in [1.82, 2.24) is 0 Å². The molecule has 1 unspecified atom stereocenters. The fourth-order valence-electron chi connectivity index (χ4n) is 2.61. The summed E-state index contributed by atoms with van der Waals surface area (Å²) in [5, 5.41) is 0. The van der Waals surface area contributed by atoms with Crippen molar-refractivity contribution in [3.05, 3.63) is 58.7 Å². The predicted octanol–water partition coefficient (Wildman–Crippen LogP) is 5.77. The van der Waals surface area contributed by atoms with Gasteiger partial charge in [0.2, 0.25) is 0 Å². The van der Waals surface area contributed by atoms with E-state index in [2.05, 4.69) is 64.2 Å². The lowest BCUT2D eigenvalue weighted by Crippen LogP contribution is -2.06. The van der Waals surface area contributed by atoms with E-state index in [-0.39, 0.29) is 0 Å². The molecule has 0 fully saturated rings. The number of hydrogen-bond donors (Lipinski definition) is 0. The lowest BCUT2D eigenvalue weighted by Gasteiger charge is -2.22. The molecule has 0 saturated carbocycles. The highest BCUT2D eigenvalue weighted by atomic mass is 16.5. The Labute approximate surface area is 130 Å². The summed E-state index contributed by atoms with van der Waals surface area (Å²) in [6.45, 7) is 9.53. The largest absolute Gasteiger partial charge is 0.381 e. The first-order valence-corrected chi connectivity index (χ1v) is 7.93. The molecular formula is C20H30O. The van der Waals surface area contributed by atoms with E-state index in [1.807, 2.05) is 0 Å². The lowest BCUT2D eigenvalue weighted by atomic mass is 9.84. The van der Waals surface area contributed by atoms with E-state index in [0.29, 0.717) is 12.5 Å². The van der Waals surface area contributed by atoms with Gasteiger partial charge in [0.05, 0.1) is 6.61 Å². The molecule has 0 radical (unpaired) electrons. The maximum absolute atomic E-state index is 5.02. The van der Waals surface area contributed by atoms with Gasteiger partial charge >= 0.3 is 0 Å². The highest BCUT2D eigenvalue weighted by Gasteiger charge is 2.14. The third kappa shape index (κ3) is 6.77. The summed E-state index contributed by atoms with van der Waals surface area (Å²) >= 11 is 0. The zero-order valence-electron chi connectivity index (χ0n) is 14.3. The van der Waals surface area contributed by atoms with Crippen molar-refractivity contribution in [2.45, 2.75) is 47.0 Å². The summed E-state index contributed by atoms with van der Waals surface area (Å²) in [6, 6.07) is 0. The Hall–Kier alpha value is -1.34. The molecule has 1 rings (SSSR count). The summed E-state index contributed by atoms with van der Waals surface area (Å²) in [7, 11) is 1.71. The fraction of sp³-hybridized carbons (Fsp3) is 0.500. The van der Waals surface area contributed by atoms with Gasteiger partial charge in [0.15, 0.2) is 0 Å². The van der Waals surface area contributed by atoms with Crippen LogP contribution in [-0.4, -0.2) is 13.7 Å². The van der Waals surface area contributed by atoms with Gasteiger partial charge in [0.25, 0.3) is 0 Å². The molecule has 0 N–H and O–H groups in total. The Morgan fingerprint density at radius 1 is 1.24 bits per heavy atom. The van der Waals surface area contributed by atoms with E-state index in [1.54, 1.807) is 12.7 Å². The maximum atomic E-state index is 5.02. The Morgan fingerprint density at radius 2 is 2.00 bits per heavy atom. The van der Waals surface area contributed by atoms with E-state index in [0.717, 1.165) is 0 Å². The van der Waals surface area contributed by atoms with Crippen LogP contribution >= 0.6 is 0 Å². The smallest absolute Gasteiger partial charge is 0.0649 e. The SMILES string of the molecule is COC/C=C(C)/C=C/C=C(C)/C=C/C1=C(C)CCCC1C. The van der Waals surface area contributed by atoms with Crippen molar-refractivity contribution in [1.29, 1.82) is 0 Å². The minimum absolute atomic E-state index is 0.671.